The highest BCUT2D eigenvalue weighted by atomic mass is 16.5. The van der Waals surface area contributed by atoms with E-state index in [1.165, 1.54) is 0 Å². The van der Waals surface area contributed by atoms with Crippen LogP contribution in [0, 0.1) is 20.8 Å². The van der Waals surface area contributed by atoms with E-state index in [9.17, 15) is 4.79 Å². The van der Waals surface area contributed by atoms with E-state index in [4.69, 9.17) is 4.74 Å². The van der Waals surface area contributed by atoms with Crippen molar-refractivity contribution in [2.75, 3.05) is 7.11 Å². The molecule has 0 unspecified atom stereocenters. The summed E-state index contributed by atoms with van der Waals surface area (Å²) in [6.45, 7) is 8.09. The molecule has 0 radical (unpaired) electrons. The molecular formula is C20H25NO2. The second-order valence-electron chi connectivity index (χ2n) is 5.98. The standard InChI is InChI=1S/C20H25NO2/c1-6-18(16-8-10-19(23-5)15(4)12-16)21-20(22)17-9-7-13(2)11-14(17)3/h7-12,18H,6H2,1-5H3,(H,21,22)/t18-/m1/s1. The number of methoxy groups -OCH3 is 1. The van der Waals surface area contributed by atoms with Gasteiger partial charge in [0.15, 0.2) is 0 Å². The van der Waals surface area contributed by atoms with Gasteiger partial charge in [-0.25, -0.2) is 0 Å². The number of hydrogen-bond acceptors (Lipinski definition) is 2. The summed E-state index contributed by atoms with van der Waals surface area (Å²) in [7, 11) is 1.67. The lowest BCUT2D eigenvalue weighted by Crippen LogP contribution is -2.28. The van der Waals surface area contributed by atoms with E-state index < -0.39 is 0 Å². The van der Waals surface area contributed by atoms with Gasteiger partial charge < -0.3 is 10.1 Å². The molecule has 1 atom stereocenters. The van der Waals surface area contributed by atoms with Crippen LogP contribution in [-0.4, -0.2) is 13.0 Å². The lowest BCUT2D eigenvalue weighted by Gasteiger charge is -2.19. The van der Waals surface area contributed by atoms with Gasteiger partial charge in [0.05, 0.1) is 13.2 Å². The van der Waals surface area contributed by atoms with E-state index in [-0.39, 0.29) is 11.9 Å². The third-order valence-electron chi connectivity index (χ3n) is 4.16. The zero-order chi connectivity index (χ0) is 17.0. The van der Waals surface area contributed by atoms with Crippen molar-refractivity contribution >= 4 is 5.91 Å². The molecule has 3 heteroatoms. The first kappa shape index (κ1) is 17.1. The third kappa shape index (κ3) is 3.92. The van der Waals surface area contributed by atoms with Gasteiger partial charge in [-0.3, -0.25) is 4.79 Å². The Labute approximate surface area is 138 Å². The molecule has 2 rings (SSSR count). The maximum absolute atomic E-state index is 12.6. The second-order valence-corrected chi connectivity index (χ2v) is 5.98. The quantitative estimate of drug-likeness (QED) is 0.883. The van der Waals surface area contributed by atoms with Crippen LogP contribution in [0.5, 0.6) is 5.75 Å². The number of amides is 1. The minimum absolute atomic E-state index is 0.00666. The van der Waals surface area contributed by atoms with Crippen LogP contribution in [0.3, 0.4) is 0 Å². The van der Waals surface area contributed by atoms with Gasteiger partial charge in [-0.1, -0.05) is 36.8 Å². The average Bonchev–Trinajstić information content (AvgIpc) is 2.52. The molecule has 0 heterocycles. The lowest BCUT2D eigenvalue weighted by molar-refractivity contribution is 0.0935. The average molecular weight is 311 g/mol. The first-order chi connectivity index (χ1) is 11.0. The van der Waals surface area contributed by atoms with Gasteiger partial charge in [0, 0.05) is 5.56 Å². The van der Waals surface area contributed by atoms with Crippen molar-refractivity contribution in [3.63, 3.8) is 0 Å². The topological polar surface area (TPSA) is 38.3 Å². The fourth-order valence-electron chi connectivity index (χ4n) is 2.84. The molecule has 0 aliphatic rings. The maximum atomic E-state index is 12.6. The number of carbonyl (C=O) groups excluding carboxylic acids is 1. The molecule has 0 saturated carbocycles. The van der Waals surface area contributed by atoms with Gasteiger partial charge in [-0.2, -0.15) is 0 Å². The Kier molecular flexibility index (Phi) is 5.43. The van der Waals surface area contributed by atoms with E-state index in [1.807, 2.05) is 51.1 Å². The molecule has 122 valence electrons. The molecule has 0 spiro atoms. The molecule has 0 aliphatic heterocycles. The lowest BCUT2D eigenvalue weighted by atomic mass is 10.00. The second kappa shape index (κ2) is 7.32. The smallest absolute Gasteiger partial charge is 0.252 e. The fraction of sp³-hybridized carbons (Fsp3) is 0.350. The van der Waals surface area contributed by atoms with Gasteiger partial charge >= 0.3 is 0 Å². The molecule has 1 N–H and O–H groups in total. The summed E-state index contributed by atoms with van der Waals surface area (Å²) in [5.41, 5.74) is 5.08. The summed E-state index contributed by atoms with van der Waals surface area (Å²) in [5, 5.41) is 3.14. The van der Waals surface area contributed by atoms with E-state index >= 15 is 0 Å². The SMILES string of the molecule is CC[C@@H](NC(=O)c1ccc(C)cc1C)c1ccc(OC)c(C)c1. The predicted octanol–water partition coefficient (Wildman–Crippen LogP) is 4.50. The van der Waals surface area contributed by atoms with Crippen molar-refractivity contribution in [1.29, 1.82) is 0 Å². The molecule has 3 nitrogen and oxygen atoms in total. The monoisotopic (exact) mass is 311 g/mol. The van der Waals surface area contributed by atoms with E-state index in [1.54, 1.807) is 7.11 Å². The predicted molar refractivity (Wildman–Crippen MR) is 94.1 cm³/mol. The molecule has 1 amide bonds. The molecule has 0 fully saturated rings. The van der Waals surface area contributed by atoms with Crippen LogP contribution in [0.15, 0.2) is 36.4 Å². The van der Waals surface area contributed by atoms with Gasteiger partial charge in [0.2, 0.25) is 0 Å². The summed E-state index contributed by atoms with van der Waals surface area (Å²) in [5.74, 6) is 0.840. The summed E-state index contributed by atoms with van der Waals surface area (Å²) < 4.78 is 5.30. The Morgan fingerprint density at radius 3 is 2.39 bits per heavy atom. The Hall–Kier alpha value is -2.29. The first-order valence-electron chi connectivity index (χ1n) is 7.99. The molecule has 0 aromatic heterocycles. The van der Waals surface area contributed by atoms with Crippen molar-refractivity contribution < 1.29 is 9.53 Å². The van der Waals surface area contributed by atoms with Crippen molar-refractivity contribution in [2.24, 2.45) is 0 Å². The van der Waals surface area contributed by atoms with Crippen molar-refractivity contribution in [3.8, 4) is 5.75 Å². The van der Waals surface area contributed by atoms with Gasteiger partial charge in [-0.15, -0.1) is 0 Å². The van der Waals surface area contributed by atoms with Crippen molar-refractivity contribution in [1.82, 2.24) is 5.32 Å². The molecular weight excluding hydrogens is 286 g/mol. The summed E-state index contributed by atoms with van der Waals surface area (Å²) in [6.07, 6.45) is 0.836. The van der Waals surface area contributed by atoms with Gasteiger partial charge in [-0.05, 0) is 56.0 Å². The molecule has 2 aromatic rings. The van der Waals surface area contributed by atoms with Crippen LogP contribution < -0.4 is 10.1 Å². The highest BCUT2D eigenvalue weighted by Crippen LogP contribution is 2.24. The Morgan fingerprint density at radius 1 is 1.09 bits per heavy atom. The van der Waals surface area contributed by atoms with Crippen molar-refractivity contribution in [3.05, 3.63) is 64.2 Å². The highest BCUT2D eigenvalue weighted by molar-refractivity contribution is 5.95. The fourth-order valence-corrected chi connectivity index (χ4v) is 2.84. The normalized spacial score (nSPS) is 11.9. The number of hydrogen-bond donors (Lipinski definition) is 1. The molecule has 2 aromatic carbocycles. The molecule has 23 heavy (non-hydrogen) atoms. The van der Waals surface area contributed by atoms with Crippen LogP contribution in [0.2, 0.25) is 0 Å². The van der Waals surface area contributed by atoms with Crippen LogP contribution >= 0.6 is 0 Å². The largest absolute Gasteiger partial charge is 0.496 e. The number of benzene rings is 2. The summed E-state index contributed by atoms with van der Waals surface area (Å²) in [6, 6.07) is 11.9. The summed E-state index contributed by atoms with van der Waals surface area (Å²) >= 11 is 0. The van der Waals surface area contributed by atoms with Crippen LogP contribution in [0.25, 0.3) is 0 Å². The Morgan fingerprint density at radius 2 is 1.83 bits per heavy atom. The Balaban J connectivity index is 2.21. The van der Waals surface area contributed by atoms with Crippen molar-refractivity contribution in [2.45, 2.75) is 40.2 Å². The van der Waals surface area contributed by atoms with E-state index in [0.717, 1.165) is 40.0 Å². The number of nitrogens with one attached hydrogen (secondary N) is 1. The van der Waals surface area contributed by atoms with Gasteiger partial charge in [0.25, 0.3) is 5.91 Å². The van der Waals surface area contributed by atoms with Crippen LogP contribution in [-0.2, 0) is 0 Å². The maximum Gasteiger partial charge on any atom is 0.252 e. The molecule has 0 bridgehead atoms. The van der Waals surface area contributed by atoms with Crippen LogP contribution in [0.4, 0.5) is 0 Å². The Bertz CT molecular complexity index is 707. The zero-order valence-corrected chi connectivity index (χ0v) is 14.6. The minimum atomic E-state index is -0.0252. The minimum Gasteiger partial charge on any atom is -0.496 e. The number of rotatable bonds is 5. The zero-order valence-electron chi connectivity index (χ0n) is 14.6. The highest BCUT2D eigenvalue weighted by Gasteiger charge is 2.16. The molecule has 0 saturated heterocycles. The first-order valence-corrected chi connectivity index (χ1v) is 7.99. The van der Waals surface area contributed by atoms with Gasteiger partial charge in [0.1, 0.15) is 5.75 Å². The number of ether oxygens (including phenoxy) is 1. The number of carbonyl (C=O) groups is 1. The molecule has 0 aliphatic carbocycles. The van der Waals surface area contributed by atoms with E-state index in [2.05, 4.69) is 18.3 Å². The third-order valence-corrected chi connectivity index (χ3v) is 4.16. The van der Waals surface area contributed by atoms with E-state index in [0.29, 0.717) is 0 Å². The summed E-state index contributed by atoms with van der Waals surface area (Å²) in [4.78, 5) is 12.6. The van der Waals surface area contributed by atoms with Crippen LogP contribution in [0.1, 0.15) is 52.0 Å². The number of aryl methyl sites for hydroxylation is 3.